The van der Waals surface area contributed by atoms with Crippen molar-refractivity contribution in [1.29, 1.82) is 0 Å². The quantitative estimate of drug-likeness (QED) is 0.779. The first-order valence-electron chi connectivity index (χ1n) is 6.27. The molecule has 98 valence electrons. The molecule has 0 unspecified atom stereocenters. The summed E-state index contributed by atoms with van der Waals surface area (Å²) in [5.41, 5.74) is 2.31. The number of aromatic nitrogens is 1. The SMILES string of the molecule is CCc1cc2c(s1)SCCN2C(=S)c1cccnc1. The predicted octanol–water partition coefficient (Wildman–Crippen LogP) is 3.99. The van der Waals surface area contributed by atoms with E-state index in [1.807, 2.05) is 41.4 Å². The van der Waals surface area contributed by atoms with Crippen LogP contribution < -0.4 is 4.90 Å². The van der Waals surface area contributed by atoms with Crippen LogP contribution in [0.4, 0.5) is 5.69 Å². The van der Waals surface area contributed by atoms with E-state index in [9.17, 15) is 0 Å². The van der Waals surface area contributed by atoms with Gasteiger partial charge in [0.1, 0.15) is 4.99 Å². The Morgan fingerprint density at radius 2 is 2.42 bits per heavy atom. The molecule has 19 heavy (non-hydrogen) atoms. The highest BCUT2D eigenvalue weighted by Crippen LogP contribution is 2.42. The monoisotopic (exact) mass is 306 g/mol. The van der Waals surface area contributed by atoms with Gasteiger partial charge in [0, 0.05) is 35.1 Å². The number of fused-ring (bicyclic) bond motifs is 1. The Kier molecular flexibility index (Phi) is 3.86. The van der Waals surface area contributed by atoms with Crippen LogP contribution in [0.25, 0.3) is 0 Å². The van der Waals surface area contributed by atoms with Crippen molar-refractivity contribution in [3.63, 3.8) is 0 Å². The van der Waals surface area contributed by atoms with Crippen LogP contribution in [0.1, 0.15) is 17.4 Å². The topological polar surface area (TPSA) is 16.1 Å². The van der Waals surface area contributed by atoms with Gasteiger partial charge in [0.25, 0.3) is 0 Å². The largest absolute Gasteiger partial charge is 0.330 e. The summed E-state index contributed by atoms with van der Waals surface area (Å²) in [7, 11) is 0. The van der Waals surface area contributed by atoms with E-state index >= 15 is 0 Å². The van der Waals surface area contributed by atoms with Crippen LogP contribution in [0.3, 0.4) is 0 Å². The van der Waals surface area contributed by atoms with Crippen molar-refractivity contribution in [1.82, 2.24) is 4.98 Å². The minimum atomic E-state index is 0.884. The first-order chi connectivity index (χ1) is 9.29. The number of nitrogens with zero attached hydrogens (tertiary/aromatic N) is 2. The second-order valence-corrected chi connectivity index (χ2v) is 7.17. The fourth-order valence-electron chi connectivity index (χ4n) is 2.08. The zero-order chi connectivity index (χ0) is 13.2. The van der Waals surface area contributed by atoms with Crippen molar-refractivity contribution in [2.75, 3.05) is 17.2 Å². The summed E-state index contributed by atoms with van der Waals surface area (Å²) < 4.78 is 1.40. The Balaban J connectivity index is 1.95. The molecule has 2 aromatic heterocycles. The smallest absolute Gasteiger partial charge is 0.115 e. The molecule has 0 aromatic carbocycles. The van der Waals surface area contributed by atoms with Gasteiger partial charge in [0.15, 0.2) is 0 Å². The second kappa shape index (κ2) is 5.61. The maximum absolute atomic E-state index is 5.64. The minimum Gasteiger partial charge on any atom is -0.330 e. The molecule has 2 nitrogen and oxygen atoms in total. The molecule has 3 heterocycles. The number of hydrogen-bond donors (Lipinski definition) is 0. The van der Waals surface area contributed by atoms with Crippen molar-refractivity contribution < 1.29 is 0 Å². The van der Waals surface area contributed by atoms with E-state index in [4.69, 9.17) is 12.2 Å². The lowest BCUT2D eigenvalue weighted by atomic mass is 10.2. The van der Waals surface area contributed by atoms with Crippen LogP contribution in [0.5, 0.6) is 0 Å². The number of thiophene rings is 1. The molecule has 0 amide bonds. The van der Waals surface area contributed by atoms with Gasteiger partial charge in [-0.05, 0) is 24.6 Å². The average Bonchev–Trinajstić information content (AvgIpc) is 2.90. The average molecular weight is 306 g/mol. The lowest BCUT2D eigenvalue weighted by Gasteiger charge is -2.28. The fourth-order valence-corrected chi connectivity index (χ4v) is 4.80. The van der Waals surface area contributed by atoms with Crippen molar-refractivity contribution >= 4 is 46.0 Å². The molecule has 0 saturated carbocycles. The zero-order valence-corrected chi connectivity index (χ0v) is 13.1. The van der Waals surface area contributed by atoms with Gasteiger partial charge in [-0.3, -0.25) is 4.98 Å². The number of hydrogen-bond acceptors (Lipinski definition) is 4. The molecule has 1 aliphatic heterocycles. The Hall–Kier alpha value is -0.910. The summed E-state index contributed by atoms with van der Waals surface area (Å²) in [6.45, 7) is 3.18. The molecule has 0 spiro atoms. The molecule has 0 saturated heterocycles. The summed E-state index contributed by atoms with van der Waals surface area (Å²) in [5, 5.41) is 0. The molecule has 0 fully saturated rings. The maximum atomic E-state index is 5.64. The molecule has 0 aliphatic carbocycles. The zero-order valence-electron chi connectivity index (χ0n) is 10.6. The molecule has 0 radical (unpaired) electrons. The van der Waals surface area contributed by atoms with Gasteiger partial charge in [-0.15, -0.1) is 23.1 Å². The summed E-state index contributed by atoms with van der Waals surface area (Å²) in [4.78, 5) is 8.73. The maximum Gasteiger partial charge on any atom is 0.115 e. The van der Waals surface area contributed by atoms with Crippen molar-refractivity contribution in [2.45, 2.75) is 17.6 Å². The van der Waals surface area contributed by atoms with E-state index in [-0.39, 0.29) is 0 Å². The molecule has 1 aliphatic rings. The Labute approximate surface area is 126 Å². The third-order valence-electron chi connectivity index (χ3n) is 3.07. The van der Waals surface area contributed by atoms with Crippen LogP contribution in [0.2, 0.25) is 0 Å². The normalized spacial score (nSPS) is 14.3. The van der Waals surface area contributed by atoms with Gasteiger partial charge in [-0.2, -0.15) is 0 Å². The highest BCUT2D eigenvalue weighted by molar-refractivity contribution is 8.01. The molecule has 5 heteroatoms. The molecule has 0 atom stereocenters. The van der Waals surface area contributed by atoms with Crippen LogP contribution in [-0.2, 0) is 6.42 Å². The summed E-state index contributed by atoms with van der Waals surface area (Å²) in [6, 6.07) is 6.25. The van der Waals surface area contributed by atoms with E-state index in [1.165, 1.54) is 14.8 Å². The van der Waals surface area contributed by atoms with Crippen molar-refractivity contribution in [3.8, 4) is 0 Å². The van der Waals surface area contributed by atoms with E-state index in [0.29, 0.717) is 0 Å². The van der Waals surface area contributed by atoms with Crippen LogP contribution in [0.15, 0.2) is 34.8 Å². The number of anilines is 1. The van der Waals surface area contributed by atoms with Crippen molar-refractivity contribution in [2.24, 2.45) is 0 Å². The minimum absolute atomic E-state index is 0.884. The lowest BCUT2D eigenvalue weighted by molar-refractivity contribution is 1.05. The molecule has 0 bridgehead atoms. The first kappa shape index (κ1) is 13.1. The molecular weight excluding hydrogens is 292 g/mol. The second-order valence-electron chi connectivity index (χ2n) is 4.29. The van der Waals surface area contributed by atoms with Gasteiger partial charge < -0.3 is 4.90 Å². The summed E-state index contributed by atoms with van der Waals surface area (Å²) in [6.07, 6.45) is 4.71. The molecule has 3 rings (SSSR count). The fraction of sp³-hybridized carbons (Fsp3) is 0.286. The Morgan fingerprint density at radius 3 is 3.16 bits per heavy atom. The first-order valence-corrected chi connectivity index (χ1v) is 8.48. The summed E-state index contributed by atoms with van der Waals surface area (Å²) >= 11 is 9.48. The number of pyridine rings is 1. The highest BCUT2D eigenvalue weighted by Gasteiger charge is 2.23. The van der Waals surface area contributed by atoms with E-state index in [1.54, 1.807) is 6.20 Å². The van der Waals surface area contributed by atoms with E-state index in [0.717, 1.165) is 29.3 Å². The lowest BCUT2D eigenvalue weighted by Crippen LogP contribution is -2.34. The third-order valence-corrected chi connectivity index (χ3v) is 6.05. The number of aryl methyl sites for hydroxylation is 1. The van der Waals surface area contributed by atoms with Gasteiger partial charge in [0.05, 0.1) is 9.90 Å². The van der Waals surface area contributed by atoms with Crippen LogP contribution in [-0.4, -0.2) is 22.3 Å². The Morgan fingerprint density at radius 1 is 1.53 bits per heavy atom. The van der Waals surface area contributed by atoms with Crippen LogP contribution >= 0.6 is 35.3 Å². The number of thioether (sulfide) groups is 1. The third kappa shape index (κ3) is 2.55. The standard InChI is InChI=1S/C14H14N2S3/c1-2-11-8-12-14(19-11)18-7-6-16(12)13(17)10-4-3-5-15-9-10/h3-5,8-9H,2,6-7H2,1H3. The van der Waals surface area contributed by atoms with Crippen molar-refractivity contribution in [3.05, 3.63) is 41.0 Å². The van der Waals surface area contributed by atoms with Gasteiger partial charge in [-0.1, -0.05) is 19.1 Å². The van der Waals surface area contributed by atoms with E-state index < -0.39 is 0 Å². The van der Waals surface area contributed by atoms with Gasteiger partial charge in [0.2, 0.25) is 0 Å². The van der Waals surface area contributed by atoms with Gasteiger partial charge in [-0.25, -0.2) is 0 Å². The number of thiocarbonyl (C=S) groups is 1. The van der Waals surface area contributed by atoms with Crippen LogP contribution in [0, 0.1) is 0 Å². The predicted molar refractivity (Wildman–Crippen MR) is 87.7 cm³/mol. The molecule has 2 aromatic rings. The molecule has 0 N–H and O–H groups in total. The number of rotatable bonds is 2. The Bertz CT molecular complexity index is 592. The van der Waals surface area contributed by atoms with E-state index in [2.05, 4.69) is 22.9 Å². The van der Waals surface area contributed by atoms with Gasteiger partial charge >= 0.3 is 0 Å². The summed E-state index contributed by atoms with van der Waals surface area (Å²) in [5.74, 6) is 1.09. The highest BCUT2D eigenvalue weighted by atomic mass is 32.2. The molecular formula is C14H14N2S3.